The maximum Gasteiger partial charge on any atom is 0.127 e. The predicted molar refractivity (Wildman–Crippen MR) is 93.2 cm³/mol. The average Bonchev–Trinajstić information content (AvgIpc) is 3.11. The second kappa shape index (κ2) is 5.43. The van der Waals surface area contributed by atoms with Gasteiger partial charge in [-0.25, -0.2) is 4.98 Å². The molecule has 0 atom stereocenters. The van der Waals surface area contributed by atoms with Crippen LogP contribution < -0.4 is 5.73 Å². The van der Waals surface area contributed by atoms with Gasteiger partial charge in [0.25, 0.3) is 0 Å². The normalized spacial score (nSPS) is 16.6. The molecule has 0 saturated heterocycles. The lowest BCUT2D eigenvalue weighted by Gasteiger charge is -2.21. The summed E-state index contributed by atoms with van der Waals surface area (Å²) in [6.45, 7) is 0. The van der Waals surface area contributed by atoms with Gasteiger partial charge in [0, 0.05) is 5.56 Å². The van der Waals surface area contributed by atoms with Crippen LogP contribution in [0.15, 0.2) is 29.6 Å². The number of hydrogen-bond donors (Lipinski definition) is 1. The molecule has 2 heterocycles. The van der Waals surface area contributed by atoms with Gasteiger partial charge in [-0.1, -0.05) is 31.4 Å². The number of hydrogen-bond acceptors (Lipinski definition) is 4. The van der Waals surface area contributed by atoms with Gasteiger partial charge in [0.15, 0.2) is 0 Å². The molecule has 0 bridgehead atoms. The van der Waals surface area contributed by atoms with Crippen LogP contribution >= 0.6 is 22.7 Å². The Morgan fingerprint density at radius 3 is 2.71 bits per heavy atom. The van der Waals surface area contributed by atoms with Crippen LogP contribution in [0.25, 0.3) is 20.8 Å². The molecule has 0 aliphatic heterocycles. The Morgan fingerprint density at radius 1 is 1.10 bits per heavy atom. The predicted octanol–water partition coefficient (Wildman–Crippen LogP) is 5.65. The van der Waals surface area contributed by atoms with Crippen LogP contribution in [0.1, 0.15) is 43.6 Å². The van der Waals surface area contributed by atoms with E-state index in [9.17, 15) is 0 Å². The first-order valence-electron chi connectivity index (χ1n) is 7.56. The minimum Gasteiger partial charge on any atom is -0.390 e. The van der Waals surface area contributed by atoms with Crippen molar-refractivity contribution in [2.24, 2.45) is 0 Å². The number of fused-ring (bicyclic) bond motifs is 1. The molecule has 4 heteroatoms. The quantitative estimate of drug-likeness (QED) is 0.663. The van der Waals surface area contributed by atoms with Gasteiger partial charge in [-0.2, -0.15) is 0 Å². The summed E-state index contributed by atoms with van der Waals surface area (Å²) in [7, 11) is 0. The average molecular weight is 314 g/mol. The van der Waals surface area contributed by atoms with E-state index in [1.807, 2.05) is 6.07 Å². The van der Waals surface area contributed by atoms with Crippen LogP contribution in [0.4, 0.5) is 5.00 Å². The first-order valence-corrected chi connectivity index (χ1v) is 9.25. The van der Waals surface area contributed by atoms with E-state index in [0.29, 0.717) is 5.92 Å². The lowest BCUT2D eigenvalue weighted by atomic mass is 9.83. The van der Waals surface area contributed by atoms with Crippen molar-refractivity contribution in [2.75, 3.05) is 5.73 Å². The van der Waals surface area contributed by atoms with Crippen molar-refractivity contribution in [1.82, 2.24) is 4.98 Å². The van der Waals surface area contributed by atoms with Crippen LogP contribution in [-0.2, 0) is 0 Å². The van der Waals surface area contributed by atoms with Crippen molar-refractivity contribution in [3.8, 4) is 10.6 Å². The highest BCUT2D eigenvalue weighted by atomic mass is 32.1. The molecule has 1 aliphatic rings. The van der Waals surface area contributed by atoms with Gasteiger partial charge < -0.3 is 5.73 Å². The van der Waals surface area contributed by atoms with Gasteiger partial charge in [-0.15, -0.1) is 22.7 Å². The third-order valence-corrected chi connectivity index (χ3v) is 6.28. The van der Waals surface area contributed by atoms with Gasteiger partial charge in [-0.05, 0) is 41.8 Å². The summed E-state index contributed by atoms with van der Waals surface area (Å²) in [5.74, 6) is 0.675. The summed E-state index contributed by atoms with van der Waals surface area (Å²) < 4.78 is 1.24. The summed E-state index contributed by atoms with van der Waals surface area (Å²) in [4.78, 5) is 4.82. The number of para-hydroxylation sites is 1. The molecule has 0 unspecified atom stereocenters. The third-order valence-electron chi connectivity index (χ3n) is 4.40. The molecule has 0 radical (unpaired) electrons. The summed E-state index contributed by atoms with van der Waals surface area (Å²) in [6.07, 6.45) is 6.67. The zero-order valence-electron chi connectivity index (χ0n) is 11.8. The smallest absolute Gasteiger partial charge is 0.127 e. The van der Waals surface area contributed by atoms with Crippen molar-refractivity contribution in [2.45, 2.75) is 38.0 Å². The summed E-state index contributed by atoms with van der Waals surface area (Å²) in [5, 5.41) is 4.29. The number of nitrogen functional groups attached to an aromatic ring is 1. The lowest BCUT2D eigenvalue weighted by molar-refractivity contribution is 0.445. The fourth-order valence-electron chi connectivity index (χ4n) is 3.31. The van der Waals surface area contributed by atoms with E-state index < -0.39 is 0 Å². The Bertz CT molecular complexity index is 733. The second-order valence-corrected chi connectivity index (χ2v) is 7.69. The van der Waals surface area contributed by atoms with Crippen molar-refractivity contribution < 1.29 is 0 Å². The summed E-state index contributed by atoms with van der Waals surface area (Å²) >= 11 is 3.44. The van der Waals surface area contributed by atoms with Gasteiger partial charge in [0.05, 0.1) is 15.2 Å². The number of aromatic nitrogens is 1. The van der Waals surface area contributed by atoms with Gasteiger partial charge in [-0.3, -0.25) is 0 Å². The van der Waals surface area contributed by atoms with E-state index in [1.165, 1.54) is 47.9 Å². The first kappa shape index (κ1) is 13.3. The van der Waals surface area contributed by atoms with E-state index in [4.69, 9.17) is 10.7 Å². The number of rotatable bonds is 2. The number of nitrogens with zero attached hydrogens (tertiary/aromatic N) is 1. The molecule has 2 aromatic heterocycles. The van der Waals surface area contributed by atoms with Crippen LogP contribution in [0, 0.1) is 0 Å². The molecule has 2 nitrogen and oxygen atoms in total. The highest BCUT2D eigenvalue weighted by Crippen LogP contribution is 2.45. The Morgan fingerprint density at radius 2 is 1.90 bits per heavy atom. The molecule has 0 amide bonds. The van der Waals surface area contributed by atoms with E-state index in [2.05, 4.69) is 23.6 Å². The van der Waals surface area contributed by atoms with Crippen LogP contribution in [0.3, 0.4) is 0 Å². The highest BCUT2D eigenvalue weighted by molar-refractivity contribution is 7.22. The largest absolute Gasteiger partial charge is 0.390 e. The van der Waals surface area contributed by atoms with Crippen LogP contribution in [-0.4, -0.2) is 4.98 Å². The monoisotopic (exact) mass is 314 g/mol. The molecule has 4 rings (SSSR count). The van der Waals surface area contributed by atoms with Crippen LogP contribution in [0.2, 0.25) is 0 Å². The van der Waals surface area contributed by atoms with Crippen molar-refractivity contribution in [3.63, 3.8) is 0 Å². The fourth-order valence-corrected chi connectivity index (χ4v) is 5.32. The zero-order valence-corrected chi connectivity index (χ0v) is 13.5. The van der Waals surface area contributed by atoms with Crippen LogP contribution in [0.5, 0.6) is 0 Å². The highest BCUT2D eigenvalue weighted by Gasteiger charge is 2.23. The number of anilines is 1. The van der Waals surface area contributed by atoms with Gasteiger partial charge in [0.1, 0.15) is 5.01 Å². The molecule has 1 saturated carbocycles. The topological polar surface area (TPSA) is 38.9 Å². The minimum absolute atomic E-state index is 0.675. The first-order chi connectivity index (χ1) is 10.3. The number of benzene rings is 1. The van der Waals surface area contributed by atoms with Crippen molar-refractivity contribution in [1.29, 1.82) is 0 Å². The Kier molecular flexibility index (Phi) is 3.43. The fraction of sp³-hybridized carbons (Fsp3) is 0.353. The number of thiophene rings is 1. The summed E-state index contributed by atoms with van der Waals surface area (Å²) in [6, 6.07) is 8.34. The van der Waals surface area contributed by atoms with Gasteiger partial charge >= 0.3 is 0 Å². The maximum absolute atomic E-state index is 6.29. The van der Waals surface area contributed by atoms with E-state index >= 15 is 0 Å². The third kappa shape index (κ3) is 2.36. The molecule has 1 aromatic carbocycles. The van der Waals surface area contributed by atoms with Gasteiger partial charge in [0.2, 0.25) is 0 Å². The summed E-state index contributed by atoms with van der Waals surface area (Å²) in [5.41, 5.74) is 10.0. The molecule has 3 aromatic rings. The minimum atomic E-state index is 0.675. The maximum atomic E-state index is 6.29. The molecule has 1 fully saturated rings. The molecule has 108 valence electrons. The Balaban J connectivity index is 1.81. The van der Waals surface area contributed by atoms with E-state index in [1.54, 1.807) is 22.7 Å². The zero-order chi connectivity index (χ0) is 14.2. The molecule has 0 spiro atoms. The standard InChI is InChI=1S/C17H18N2S2/c18-16-15(12(10-20-16)11-6-2-1-3-7-11)17-19-13-8-4-5-9-14(13)21-17/h4-5,8-11H,1-3,6-7,18H2. The molecule has 2 N–H and O–H groups in total. The lowest BCUT2D eigenvalue weighted by Crippen LogP contribution is -2.04. The number of nitrogens with two attached hydrogens (primary N) is 1. The molecular weight excluding hydrogens is 296 g/mol. The Hall–Kier alpha value is -1.39. The second-order valence-electron chi connectivity index (χ2n) is 5.75. The van der Waals surface area contributed by atoms with E-state index in [0.717, 1.165) is 15.5 Å². The Labute approximate surface area is 132 Å². The SMILES string of the molecule is Nc1scc(C2CCCCC2)c1-c1nc2ccccc2s1. The van der Waals surface area contributed by atoms with Crippen molar-refractivity contribution >= 4 is 37.9 Å². The van der Waals surface area contributed by atoms with E-state index in [-0.39, 0.29) is 0 Å². The molecule has 1 aliphatic carbocycles. The molecular formula is C17H18N2S2. The number of thiazole rings is 1. The van der Waals surface area contributed by atoms with Crippen molar-refractivity contribution in [3.05, 3.63) is 35.2 Å². The molecule has 21 heavy (non-hydrogen) atoms.